The Bertz CT molecular complexity index is 638. The Morgan fingerprint density at radius 2 is 2.30 bits per heavy atom. The average molecular weight is 271 g/mol. The largest absolute Gasteiger partial charge is 0.360 e. The monoisotopic (exact) mass is 271 g/mol. The van der Waals surface area contributed by atoms with Crippen LogP contribution in [0.3, 0.4) is 0 Å². The summed E-state index contributed by atoms with van der Waals surface area (Å²) in [6.45, 7) is 3.90. The third kappa shape index (κ3) is 2.70. The number of hydrogen-bond donors (Lipinski definition) is 3. The number of nitrogens with zero attached hydrogens (tertiary/aromatic N) is 2. The van der Waals surface area contributed by atoms with Crippen LogP contribution in [0, 0.1) is 6.92 Å². The lowest BCUT2D eigenvalue weighted by Crippen LogP contribution is -2.57. The van der Waals surface area contributed by atoms with Crippen molar-refractivity contribution in [3.8, 4) is 0 Å². The van der Waals surface area contributed by atoms with Crippen LogP contribution in [0.1, 0.15) is 5.56 Å². The van der Waals surface area contributed by atoms with Crippen molar-refractivity contribution in [1.29, 1.82) is 0 Å². The van der Waals surface area contributed by atoms with Gasteiger partial charge < -0.3 is 16.0 Å². The SMILES string of the molecule is Cc1cnc2ccnc(NCC(=O)NC3CNC3)c2c1. The first-order chi connectivity index (χ1) is 9.72. The van der Waals surface area contributed by atoms with Crippen molar-refractivity contribution in [2.45, 2.75) is 13.0 Å². The molecule has 104 valence electrons. The average Bonchev–Trinajstić information content (AvgIpc) is 2.40. The Balaban J connectivity index is 1.70. The topological polar surface area (TPSA) is 78.9 Å². The summed E-state index contributed by atoms with van der Waals surface area (Å²) in [5.74, 6) is 0.677. The summed E-state index contributed by atoms with van der Waals surface area (Å²) in [6, 6.07) is 4.14. The van der Waals surface area contributed by atoms with Crippen LogP contribution in [-0.4, -0.2) is 41.6 Å². The second-order valence-electron chi connectivity index (χ2n) is 5.02. The number of rotatable bonds is 4. The van der Waals surface area contributed by atoms with Crippen molar-refractivity contribution >= 4 is 22.6 Å². The molecule has 3 heterocycles. The molecule has 0 saturated carbocycles. The highest BCUT2D eigenvalue weighted by atomic mass is 16.2. The summed E-state index contributed by atoms with van der Waals surface area (Å²) in [7, 11) is 0. The van der Waals surface area contributed by atoms with Gasteiger partial charge in [0.2, 0.25) is 5.91 Å². The number of aromatic nitrogens is 2. The Kier molecular flexibility index (Phi) is 3.47. The normalized spacial score (nSPS) is 14.8. The molecule has 6 heteroatoms. The lowest BCUT2D eigenvalue weighted by atomic mass is 10.2. The maximum absolute atomic E-state index is 11.8. The quantitative estimate of drug-likeness (QED) is 0.752. The number of nitrogens with one attached hydrogen (secondary N) is 3. The first-order valence-corrected chi connectivity index (χ1v) is 6.68. The van der Waals surface area contributed by atoms with E-state index in [4.69, 9.17) is 0 Å². The van der Waals surface area contributed by atoms with Crippen molar-refractivity contribution < 1.29 is 4.79 Å². The molecule has 0 bridgehead atoms. The second kappa shape index (κ2) is 5.42. The lowest BCUT2D eigenvalue weighted by molar-refractivity contribution is -0.120. The highest BCUT2D eigenvalue weighted by Gasteiger charge is 2.18. The van der Waals surface area contributed by atoms with Crippen molar-refractivity contribution in [2.75, 3.05) is 25.0 Å². The van der Waals surface area contributed by atoms with E-state index in [1.807, 2.05) is 25.3 Å². The Morgan fingerprint density at radius 1 is 1.45 bits per heavy atom. The second-order valence-corrected chi connectivity index (χ2v) is 5.02. The molecule has 0 radical (unpaired) electrons. The molecule has 1 fully saturated rings. The summed E-state index contributed by atoms with van der Waals surface area (Å²) in [5.41, 5.74) is 1.94. The molecule has 1 amide bonds. The lowest BCUT2D eigenvalue weighted by Gasteiger charge is -2.27. The van der Waals surface area contributed by atoms with Crippen LogP contribution in [0.2, 0.25) is 0 Å². The standard InChI is InChI=1S/C14H17N5O/c1-9-4-11-12(17-5-9)2-3-16-14(11)18-8-13(20)19-10-6-15-7-10/h2-5,10,15H,6-8H2,1H3,(H,16,18)(H,19,20). The van der Waals surface area contributed by atoms with Gasteiger partial charge in [-0.15, -0.1) is 0 Å². The van der Waals surface area contributed by atoms with Crippen LogP contribution in [-0.2, 0) is 4.79 Å². The highest BCUT2D eigenvalue weighted by Crippen LogP contribution is 2.19. The third-order valence-corrected chi connectivity index (χ3v) is 3.31. The van der Waals surface area contributed by atoms with Gasteiger partial charge in [0.25, 0.3) is 0 Å². The maximum atomic E-state index is 11.8. The molecule has 3 N–H and O–H groups in total. The minimum Gasteiger partial charge on any atom is -0.360 e. The number of anilines is 1. The van der Waals surface area contributed by atoms with Crippen molar-refractivity contribution in [3.05, 3.63) is 30.1 Å². The summed E-state index contributed by atoms with van der Waals surface area (Å²) < 4.78 is 0. The van der Waals surface area contributed by atoms with Gasteiger partial charge in [0, 0.05) is 30.9 Å². The van der Waals surface area contributed by atoms with Crippen LogP contribution < -0.4 is 16.0 Å². The molecule has 20 heavy (non-hydrogen) atoms. The molecule has 2 aromatic rings. The molecule has 0 aromatic carbocycles. The fraction of sp³-hybridized carbons (Fsp3) is 0.357. The number of pyridine rings is 2. The minimum atomic E-state index is -0.0177. The highest BCUT2D eigenvalue weighted by molar-refractivity contribution is 5.91. The van der Waals surface area contributed by atoms with E-state index < -0.39 is 0 Å². The molecule has 0 spiro atoms. The van der Waals surface area contributed by atoms with E-state index in [0.717, 1.165) is 29.6 Å². The fourth-order valence-corrected chi connectivity index (χ4v) is 2.13. The smallest absolute Gasteiger partial charge is 0.239 e. The van der Waals surface area contributed by atoms with Crippen LogP contribution in [0.5, 0.6) is 0 Å². The number of fused-ring (bicyclic) bond motifs is 1. The van der Waals surface area contributed by atoms with Crippen LogP contribution in [0.15, 0.2) is 24.5 Å². The molecular formula is C14H17N5O. The van der Waals surface area contributed by atoms with Gasteiger partial charge in [-0.3, -0.25) is 9.78 Å². The van der Waals surface area contributed by atoms with Gasteiger partial charge in [-0.25, -0.2) is 4.98 Å². The Hall–Kier alpha value is -2.21. The summed E-state index contributed by atoms with van der Waals surface area (Å²) in [5, 5.41) is 10.1. The molecular weight excluding hydrogens is 254 g/mol. The van der Waals surface area contributed by atoms with E-state index in [0.29, 0.717) is 5.82 Å². The zero-order chi connectivity index (χ0) is 13.9. The van der Waals surface area contributed by atoms with E-state index in [9.17, 15) is 4.79 Å². The molecule has 0 unspecified atom stereocenters. The fourth-order valence-electron chi connectivity index (χ4n) is 2.13. The molecule has 6 nitrogen and oxygen atoms in total. The van der Waals surface area contributed by atoms with Crippen molar-refractivity contribution in [3.63, 3.8) is 0 Å². The molecule has 0 aliphatic carbocycles. The molecule has 1 saturated heterocycles. The van der Waals surface area contributed by atoms with Crippen LogP contribution >= 0.6 is 0 Å². The molecule has 3 rings (SSSR count). The van der Waals surface area contributed by atoms with Gasteiger partial charge in [-0.05, 0) is 24.6 Å². The van der Waals surface area contributed by atoms with Gasteiger partial charge in [0.15, 0.2) is 0 Å². The molecule has 1 aliphatic rings. The number of amides is 1. The van der Waals surface area contributed by atoms with Crippen molar-refractivity contribution in [1.82, 2.24) is 20.6 Å². The summed E-state index contributed by atoms with van der Waals surface area (Å²) in [6.07, 6.45) is 3.52. The predicted octanol–water partition coefficient (Wildman–Crippen LogP) is 0.438. The van der Waals surface area contributed by atoms with Crippen LogP contribution in [0.4, 0.5) is 5.82 Å². The van der Waals surface area contributed by atoms with Gasteiger partial charge in [0.05, 0.1) is 18.1 Å². The minimum absolute atomic E-state index is 0.0177. The zero-order valence-electron chi connectivity index (χ0n) is 11.3. The molecule has 2 aromatic heterocycles. The zero-order valence-corrected chi connectivity index (χ0v) is 11.3. The number of carbonyl (C=O) groups is 1. The molecule has 1 aliphatic heterocycles. The van der Waals surface area contributed by atoms with Gasteiger partial charge in [0.1, 0.15) is 5.82 Å². The van der Waals surface area contributed by atoms with E-state index in [1.54, 1.807) is 6.20 Å². The Morgan fingerprint density at radius 3 is 3.05 bits per heavy atom. The van der Waals surface area contributed by atoms with Gasteiger partial charge in [-0.2, -0.15) is 0 Å². The van der Waals surface area contributed by atoms with Crippen LogP contribution in [0.25, 0.3) is 10.9 Å². The summed E-state index contributed by atoms with van der Waals surface area (Å²) >= 11 is 0. The van der Waals surface area contributed by atoms with Crippen molar-refractivity contribution in [2.24, 2.45) is 0 Å². The Labute approximate surface area is 117 Å². The predicted molar refractivity (Wildman–Crippen MR) is 77.6 cm³/mol. The number of carbonyl (C=O) groups excluding carboxylic acids is 1. The van der Waals surface area contributed by atoms with E-state index >= 15 is 0 Å². The first kappa shape index (κ1) is 12.8. The summed E-state index contributed by atoms with van der Waals surface area (Å²) in [4.78, 5) is 20.4. The number of aryl methyl sites for hydroxylation is 1. The first-order valence-electron chi connectivity index (χ1n) is 6.68. The number of hydrogen-bond acceptors (Lipinski definition) is 5. The van der Waals surface area contributed by atoms with Gasteiger partial charge >= 0.3 is 0 Å². The van der Waals surface area contributed by atoms with E-state index in [1.165, 1.54) is 0 Å². The van der Waals surface area contributed by atoms with Gasteiger partial charge in [-0.1, -0.05) is 0 Å². The third-order valence-electron chi connectivity index (χ3n) is 3.31. The van der Waals surface area contributed by atoms with E-state index in [2.05, 4.69) is 25.9 Å². The van der Waals surface area contributed by atoms with E-state index in [-0.39, 0.29) is 18.5 Å². The maximum Gasteiger partial charge on any atom is 0.239 e. The molecule has 0 atom stereocenters.